The average molecular weight is 262 g/mol. The molecule has 6 heteroatoms. The predicted molar refractivity (Wildman–Crippen MR) is 53.5 cm³/mol. The lowest BCUT2D eigenvalue weighted by molar-refractivity contribution is -0.123. The number of hydrazine groups is 1. The molecule has 1 unspecified atom stereocenters. The first-order valence-electron chi connectivity index (χ1n) is 3.73. The summed E-state index contributed by atoms with van der Waals surface area (Å²) in [5, 5.41) is 0. The zero-order valence-corrected chi connectivity index (χ0v) is 8.71. The highest BCUT2D eigenvalue weighted by Crippen LogP contribution is 2.25. The van der Waals surface area contributed by atoms with Crippen LogP contribution in [0.25, 0.3) is 0 Å². The second-order valence-corrected chi connectivity index (χ2v) is 3.94. The molecule has 0 spiro atoms. The minimum Gasteiger partial charge on any atom is -0.305 e. The number of halogens is 2. The number of hydrogen-bond donors (Lipinski definition) is 3. The Kier molecular flexibility index (Phi) is 3.20. The van der Waals surface area contributed by atoms with E-state index in [1.54, 1.807) is 0 Å². The number of nitrogens with one attached hydrogen (secondary N) is 1. The molecule has 76 valence electrons. The van der Waals surface area contributed by atoms with Crippen molar-refractivity contribution < 1.29 is 9.18 Å². The van der Waals surface area contributed by atoms with Gasteiger partial charge in [0.15, 0.2) is 4.45 Å². The quantitative estimate of drug-likeness (QED) is 0.236. The third-order valence-electron chi connectivity index (χ3n) is 1.73. The summed E-state index contributed by atoms with van der Waals surface area (Å²) in [7, 11) is 0. The van der Waals surface area contributed by atoms with Crippen LogP contribution in [0.2, 0.25) is 0 Å². The molecule has 4 nitrogen and oxygen atoms in total. The number of amides is 1. The van der Waals surface area contributed by atoms with Crippen LogP contribution in [0.3, 0.4) is 0 Å². The average Bonchev–Trinajstić information content (AvgIpc) is 2.17. The molecule has 0 aliphatic carbocycles. The minimum atomic E-state index is -1.44. The van der Waals surface area contributed by atoms with Crippen LogP contribution in [0.1, 0.15) is 5.56 Å². The molecular formula is C8H9BrFN3O. The molecule has 5 N–H and O–H groups in total. The van der Waals surface area contributed by atoms with Gasteiger partial charge in [-0.3, -0.25) is 10.2 Å². The fourth-order valence-corrected chi connectivity index (χ4v) is 1.31. The van der Waals surface area contributed by atoms with E-state index in [9.17, 15) is 9.18 Å². The molecule has 0 radical (unpaired) electrons. The van der Waals surface area contributed by atoms with Crippen molar-refractivity contribution in [3.63, 3.8) is 0 Å². The molecule has 1 atom stereocenters. The Morgan fingerprint density at radius 1 is 1.43 bits per heavy atom. The summed E-state index contributed by atoms with van der Waals surface area (Å²) in [6.07, 6.45) is 0. The summed E-state index contributed by atoms with van der Waals surface area (Å²) >= 11 is 3.00. The van der Waals surface area contributed by atoms with Crippen molar-refractivity contribution in [3.8, 4) is 0 Å². The zero-order valence-electron chi connectivity index (χ0n) is 7.13. The van der Waals surface area contributed by atoms with Gasteiger partial charge in [-0.25, -0.2) is 10.2 Å². The first-order valence-corrected chi connectivity index (χ1v) is 4.52. The van der Waals surface area contributed by atoms with Gasteiger partial charge in [0.25, 0.3) is 5.91 Å². The Hall–Kier alpha value is -0.980. The van der Waals surface area contributed by atoms with Crippen LogP contribution in [0.4, 0.5) is 4.39 Å². The molecule has 0 aromatic heterocycles. The van der Waals surface area contributed by atoms with Crippen molar-refractivity contribution in [2.75, 3.05) is 0 Å². The molecule has 0 heterocycles. The molecule has 1 amide bonds. The lowest BCUT2D eigenvalue weighted by atomic mass is 10.1. The number of benzene rings is 1. The molecule has 0 fully saturated rings. The lowest BCUT2D eigenvalue weighted by Gasteiger charge is -2.20. The third kappa shape index (κ3) is 2.09. The van der Waals surface area contributed by atoms with Crippen molar-refractivity contribution in [2.45, 2.75) is 4.45 Å². The van der Waals surface area contributed by atoms with Crippen molar-refractivity contribution in [3.05, 3.63) is 35.6 Å². The molecule has 1 rings (SSSR count). The largest absolute Gasteiger partial charge is 0.305 e. The van der Waals surface area contributed by atoms with Gasteiger partial charge in [-0.05, 0) is 17.7 Å². The Balaban J connectivity index is 3.03. The lowest BCUT2D eigenvalue weighted by Crippen LogP contribution is -2.49. The van der Waals surface area contributed by atoms with Gasteiger partial charge in [0.1, 0.15) is 5.82 Å². The van der Waals surface area contributed by atoms with E-state index >= 15 is 0 Å². The van der Waals surface area contributed by atoms with E-state index in [0.29, 0.717) is 5.56 Å². The SMILES string of the molecule is NNC(=O)C(N)(Br)c1ccc(F)cc1. The van der Waals surface area contributed by atoms with E-state index in [1.807, 2.05) is 5.43 Å². The predicted octanol–water partition coefficient (Wildman–Crippen LogP) is 0.322. The summed E-state index contributed by atoms with van der Waals surface area (Å²) < 4.78 is 11.1. The van der Waals surface area contributed by atoms with E-state index in [4.69, 9.17) is 11.6 Å². The standard InChI is InChI=1S/C8H9BrFN3O/c9-8(11,7(14)13-12)5-1-3-6(10)4-2-5/h1-4H,11-12H2,(H,13,14). The first-order chi connectivity index (χ1) is 6.48. The van der Waals surface area contributed by atoms with Gasteiger partial charge in [-0.1, -0.05) is 28.1 Å². The Morgan fingerprint density at radius 3 is 2.36 bits per heavy atom. The molecule has 0 aliphatic heterocycles. The van der Waals surface area contributed by atoms with Crippen molar-refractivity contribution >= 4 is 21.8 Å². The third-order valence-corrected chi connectivity index (χ3v) is 2.54. The Labute approximate surface area is 88.6 Å². The molecule has 1 aromatic rings. The van der Waals surface area contributed by atoms with Gasteiger partial charge < -0.3 is 5.73 Å². The zero-order chi connectivity index (χ0) is 10.8. The number of alkyl halides is 1. The highest BCUT2D eigenvalue weighted by molar-refractivity contribution is 9.10. The van der Waals surface area contributed by atoms with Gasteiger partial charge in [0.05, 0.1) is 0 Å². The van der Waals surface area contributed by atoms with Crippen LogP contribution in [0.15, 0.2) is 24.3 Å². The van der Waals surface area contributed by atoms with Crippen LogP contribution < -0.4 is 17.0 Å². The summed E-state index contributed by atoms with van der Waals surface area (Å²) in [4.78, 5) is 11.2. The minimum absolute atomic E-state index is 0.398. The van der Waals surface area contributed by atoms with Crippen molar-refractivity contribution in [1.82, 2.24) is 5.43 Å². The highest BCUT2D eigenvalue weighted by Gasteiger charge is 2.32. The number of rotatable bonds is 2. The monoisotopic (exact) mass is 261 g/mol. The number of carbonyl (C=O) groups excluding carboxylic acids is 1. The molecule has 0 saturated heterocycles. The van der Waals surface area contributed by atoms with Crippen molar-refractivity contribution in [1.29, 1.82) is 0 Å². The summed E-state index contributed by atoms with van der Waals surface area (Å²) in [6.45, 7) is 0. The molecule has 1 aromatic carbocycles. The Morgan fingerprint density at radius 2 is 1.93 bits per heavy atom. The molecule has 0 saturated carbocycles. The topological polar surface area (TPSA) is 81.1 Å². The van der Waals surface area contributed by atoms with Gasteiger partial charge >= 0.3 is 0 Å². The van der Waals surface area contributed by atoms with E-state index < -0.39 is 16.2 Å². The second-order valence-electron chi connectivity index (χ2n) is 2.69. The van der Waals surface area contributed by atoms with Gasteiger partial charge in [-0.2, -0.15) is 0 Å². The smallest absolute Gasteiger partial charge is 0.269 e. The fourth-order valence-electron chi connectivity index (χ4n) is 0.929. The van der Waals surface area contributed by atoms with E-state index in [1.165, 1.54) is 24.3 Å². The number of nitrogens with two attached hydrogens (primary N) is 2. The summed E-state index contributed by atoms with van der Waals surface area (Å²) in [6, 6.07) is 5.22. The molecule has 0 aliphatic rings. The molecule has 0 bridgehead atoms. The highest BCUT2D eigenvalue weighted by atomic mass is 79.9. The van der Waals surface area contributed by atoms with Crippen LogP contribution in [-0.2, 0) is 9.24 Å². The van der Waals surface area contributed by atoms with Gasteiger partial charge in [0, 0.05) is 0 Å². The van der Waals surface area contributed by atoms with E-state index in [0.717, 1.165) is 0 Å². The van der Waals surface area contributed by atoms with Gasteiger partial charge in [0.2, 0.25) is 0 Å². The first kappa shape index (κ1) is 11.1. The molecule has 14 heavy (non-hydrogen) atoms. The van der Waals surface area contributed by atoms with E-state index in [-0.39, 0.29) is 0 Å². The van der Waals surface area contributed by atoms with Crippen LogP contribution in [-0.4, -0.2) is 5.91 Å². The van der Waals surface area contributed by atoms with Crippen LogP contribution >= 0.6 is 15.9 Å². The van der Waals surface area contributed by atoms with Crippen LogP contribution in [0, 0.1) is 5.82 Å². The van der Waals surface area contributed by atoms with Crippen LogP contribution in [0.5, 0.6) is 0 Å². The molecular weight excluding hydrogens is 253 g/mol. The maximum Gasteiger partial charge on any atom is 0.269 e. The maximum absolute atomic E-state index is 12.6. The normalized spacial score (nSPS) is 14.6. The second kappa shape index (κ2) is 4.04. The van der Waals surface area contributed by atoms with Crippen molar-refractivity contribution in [2.24, 2.45) is 11.6 Å². The Bertz CT molecular complexity index is 339. The number of hydrogen-bond acceptors (Lipinski definition) is 3. The summed E-state index contributed by atoms with van der Waals surface area (Å²) in [5.74, 6) is 3.94. The maximum atomic E-state index is 12.6. The van der Waals surface area contributed by atoms with E-state index in [2.05, 4.69) is 15.9 Å². The number of carbonyl (C=O) groups is 1. The fraction of sp³-hybridized carbons (Fsp3) is 0.125. The summed E-state index contributed by atoms with van der Waals surface area (Å²) in [5.41, 5.74) is 7.98. The van der Waals surface area contributed by atoms with Gasteiger partial charge in [-0.15, -0.1) is 0 Å².